The highest BCUT2D eigenvalue weighted by atomic mass is 16.5. The maximum Gasteiger partial charge on any atom is 0.241 e. The van der Waals surface area contributed by atoms with Gasteiger partial charge in [0.2, 0.25) is 5.91 Å². The van der Waals surface area contributed by atoms with Crippen molar-refractivity contribution in [3.05, 3.63) is 65.2 Å². The Morgan fingerprint density at radius 1 is 1.17 bits per heavy atom. The second-order valence-corrected chi connectivity index (χ2v) is 6.46. The van der Waals surface area contributed by atoms with E-state index in [0.717, 1.165) is 22.4 Å². The third-order valence-corrected chi connectivity index (χ3v) is 3.67. The van der Waals surface area contributed by atoms with Crippen molar-refractivity contribution in [2.24, 2.45) is 11.7 Å². The molecule has 24 heavy (non-hydrogen) atoms. The summed E-state index contributed by atoms with van der Waals surface area (Å²) < 4.78 is 5.71. The maximum absolute atomic E-state index is 12.2. The molecule has 0 fully saturated rings. The van der Waals surface area contributed by atoms with Crippen molar-refractivity contribution in [2.45, 2.75) is 33.4 Å². The van der Waals surface area contributed by atoms with Crippen LogP contribution in [0.3, 0.4) is 0 Å². The number of carbonyl (C=O) groups excluding carboxylic acids is 1. The summed E-state index contributed by atoms with van der Waals surface area (Å²) in [6.45, 7) is 7.32. The van der Waals surface area contributed by atoms with Gasteiger partial charge in [0.15, 0.2) is 0 Å². The third-order valence-electron chi connectivity index (χ3n) is 3.67. The van der Waals surface area contributed by atoms with Gasteiger partial charge in [0.05, 0.1) is 6.61 Å². The fraction of sp³-hybridized carbons (Fsp3) is 0.350. The Hall–Kier alpha value is -2.33. The minimum absolute atomic E-state index is 0.188. The van der Waals surface area contributed by atoms with Gasteiger partial charge in [-0.05, 0) is 36.1 Å². The summed E-state index contributed by atoms with van der Waals surface area (Å²) in [5.74, 6) is 1.10. The number of amides is 1. The second kappa shape index (κ2) is 8.50. The number of hydrogen-bond acceptors (Lipinski definition) is 3. The first-order valence-corrected chi connectivity index (χ1v) is 8.27. The summed E-state index contributed by atoms with van der Waals surface area (Å²) in [4.78, 5) is 12.2. The molecular formula is C20H26N2O2. The first-order valence-electron chi connectivity index (χ1n) is 8.27. The van der Waals surface area contributed by atoms with Crippen LogP contribution in [0, 0.1) is 12.8 Å². The molecule has 0 aliphatic heterocycles. The minimum atomic E-state index is -0.661. The van der Waals surface area contributed by atoms with Gasteiger partial charge in [-0.2, -0.15) is 0 Å². The zero-order valence-corrected chi connectivity index (χ0v) is 14.6. The van der Waals surface area contributed by atoms with E-state index in [4.69, 9.17) is 10.5 Å². The lowest BCUT2D eigenvalue weighted by atomic mass is 10.1. The van der Waals surface area contributed by atoms with E-state index in [1.807, 2.05) is 55.5 Å². The van der Waals surface area contributed by atoms with E-state index >= 15 is 0 Å². The molecule has 0 bridgehead atoms. The number of nitrogens with two attached hydrogens (primary N) is 1. The standard InChI is InChI=1S/C20H26N2O2/c1-14(2)13-24-18-6-4-5-16(11-18)12-22-20(23)19(21)17-9-7-15(3)8-10-17/h4-11,14,19H,12-13,21H2,1-3H3,(H,22,23). The van der Waals surface area contributed by atoms with Gasteiger partial charge in [-0.3, -0.25) is 4.79 Å². The zero-order chi connectivity index (χ0) is 17.5. The average Bonchev–Trinajstić information content (AvgIpc) is 2.58. The maximum atomic E-state index is 12.2. The van der Waals surface area contributed by atoms with Crippen molar-refractivity contribution in [1.82, 2.24) is 5.32 Å². The number of benzene rings is 2. The molecule has 4 heteroatoms. The minimum Gasteiger partial charge on any atom is -0.493 e. The van der Waals surface area contributed by atoms with E-state index < -0.39 is 6.04 Å². The number of rotatable bonds is 7. The molecule has 2 rings (SSSR count). The van der Waals surface area contributed by atoms with E-state index in [0.29, 0.717) is 19.1 Å². The first kappa shape index (κ1) is 18.0. The molecule has 128 valence electrons. The van der Waals surface area contributed by atoms with Crippen LogP contribution in [-0.2, 0) is 11.3 Å². The van der Waals surface area contributed by atoms with Crippen molar-refractivity contribution < 1.29 is 9.53 Å². The molecule has 4 nitrogen and oxygen atoms in total. The van der Waals surface area contributed by atoms with Crippen LogP contribution in [-0.4, -0.2) is 12.5 Å². The summed E-state index contributed by atoms with van der Waals surface area (Å²) in [6.07, 6.45) is 0. The summed E-state index contributed by atoms with van der Waals surface area (Å²) >= 11 is 0. The number of ether oxygens (including phenoxy) is 1. The molecule has 0 saturated carbocycles. The smallest absolute Gasteiger partial charge is 0.241 e. The van der Waals surface area contributed by atoms with Crippen LogP contribution in [0.1, 0.15) is 36.6 Å². The van der Waals surface area contributed by atoms with Gasteiger partial charge in [-0.25, -0.2) is 0 Å². The Morgan fingerprint density at radius 2 is 1.88 bits per heavy atom. The quantitative estimate of drug-likeness (QED) is 0.820. The first-order chi connectivity index (χ1) is 11.5. The van der Waals surface area contributed by atoms with Crippen LogP contribution in [0.25, 0.3) is 0 Å². The van der Waals surface area contributed by atoms with Crippen molar-refractivity contribution in [3.63, 3.8) is 0 Å². The SMILES string of the molecule is Cc1ccc(C(N)C(=O)NCc2cccc(OCC(C)C)c2)cc1. The van der Waals surface area contributed by atoms with E-state index in [1.165, 1.54) is 0 Å². The van der Waals surface area contributed by atoms with Gasteiger partial charge < -0.3 is 15.8 Å². The Balaban J connectivity index is 1.91. The molecule has 0 spiro atoms. The molecule has 1 unspecified atom stereocenters. The molecule has 1 atom stereocenters. The normalized spacial score (nSPS) is 12.0. The number of nitrogens with one attached hydrogen (secondary N) is 1. The summed E-state index contributed by atoms with van der Waals surface area (Å²) in [6, 6.07) is 14.8. The topological polar surface area (TPSA) is 64.4 Å². The molecular weight excluding hydrogens is 300 g/mol. The molecule has 0 aliphatic rings. The van der Waals surface area contributed by atoms with Crippen LogP contribution in [0.5, 0.6) is 5.75 Å². The lowest BCUT2D eigenvalue weighted by Crippen LogP contribution is -2.33. The van der Waals surface area contributed by atoms with E-state index in [9.17, 15) is 4.79 Å². The molecule has 0 heterocycles. The highest BCUT2D eigenvalue weighted by Crippen LogP contribution is 2.15. The summed E-state index contributed by atoms with van der Waals surface area (Å²) in [7, 11) is 0. The lowest BCUT2D eigenvalue weighted by Gasteiger charge is -2.14. The van der Waals surface area contributed by atoms with Crippen LogP contribution in [0.2, 0.25) is 0 Å². The summed E-state index contributed by atoms with van der Waals surface area (Å²) in [5, 5.41) is 2.88. The van der Waals surface area contributed by atoms with Crippen LogP contribution in [0.4, 0.5) is 0 Å². The Labute approximate surface area is 144 Å². The van der Waals surface area contributed by atoms with Crippen molar-refractivity contribution in [3.8, 4) is 5.75 Å². The number of carbonyl (C=O) groups is 1. The Bertz CT molecular complexity index is 666. The predicted octanol–water partition coefficient (Wildman–Crippen LogP) is 3.35. The molecule has 2 aromatic carbocycles. The largest absolute Gasteiger partial charge is 0.493 e. The molecule has 0 radical (unpaired) electrons. The molecule has 2 aromatic rings. The molecule has 1 amide bonds. The number of aryl methyl sites for hydroxylation is 1. The molecule has 0 aromatic heterocycles. The van der Waals surface area contributed by atoms with Gasteiger partial charge in [0.1, 0.15) is 11.8 Å². The fourth-order valence-corrected chi connectivity index (χ4v) is 2.23. The zero-order valence-electron chi connectivity index (χ0n) is 14.6. The van der Waals surface area contributed by atoms with Crippen molar-refractivity contribution in [1.29, 1.82) is 0 Å². The van der Waals surface area contributed by atoms with Gasteiger partial charge in [-0.15, -0.1) is 0 Å². The second-order valence-electron chi connectivity index (χ2n) is 6.46. The molecule has 0 aliphatic carbocycles. The number of hydrogen-bond donors (Lipinski definition) is 2. The molecule has 3 N–H and O–H groups in total. The van der Waals surface area contributed by atoms with Gasteiger partial charge in [-0.1, -0.05) is 55.8 Å². The predicted molar refractivity (Wildman–Crippen MR) is 96.7 cm³/mol. The lowest BCUT2D eigenvalue weighted by molar-refractivity contribution is -0.122. The third kappa shape index (κ3) is 5.39. The van der Waals surface area contributed by atoms with Crippen molar-refractivity contribution >= 4 is 5.91 Å². The van der Waals surface area contributed by atoms with Gasteiger partial charge in [0.25, 0.3) is 0 Å². The van der Waals surface area contributed by atoms with E-state index in [2.05, 4.69) is 19.2 Å². The average molecular weight is 326 g/mol. The Morgan fingerprint density at radius 3 is 2.54 bits per heavy atom. The van der Waals surface area contributed by atoms with E-state index in [1.54, 1.807) is 0 Å². The molecule has 0 saturated heterocycles. The van der Waals surface area contributed by atoms with Crippen LogP contribution >= 0.6 is 0 Å². The highest BCUT2D eigenvalue weighted by Gasteiger charge is 2.15. The Kier molecular flexibility index (Phi) is 6.38. The van der Waals surface area contributed by atoms with Gasteiger partial charge >= 0.3 is 0 Å². The van der Waals surface area contributed by atoms with Crippen LogP contribution in [0.15, 0.2) is 48.5 Å². The van der Waals surface area contributed by atoms with E-state index in [-0.39, 0.29) is 5.91 Å². The van der Waals surface area contributed by atoms with Crippen molar-refractivity contribution in [2.75, 3.05) is 6.61 Å². The monoisotopic (exact) mass is 326 g/mol. The fourth-order valence-electron chi connectivity index (χ4n) is 2.23. The summed E-state index contributed by atoms with van der Waals surface area (Å²) in [5.41, 5.74) is 8.97. The van der Waals surface area contributed by atoms with Crippen LogP contribution < -0.4 is 15.8 Å². The highest BCUT2D eigenvalue weighted by molar-refractivity contribution is 5.82. The van der Waals surface area contributed by atoms with Gasteiger partial charge in [0, 0.05) is 6.54 Å².